The molecule has 0 bridgehead atoms. The molecule has 0 radical (unpaired) electrons. The fourth-order valence-corrected chi connectivity index (χ4v) is 6.05. The van der Waals surface area contributed by atoms with Crippen molar-refractivity contribution in [1.82, 2.24) is 4.31 Å². The van der Waals surface area contributed by atoms with Crippen LogP contribution in [0.3, 0.4) is 0 Å². The van der Waals surface area contributed by atoms with Gasteiger partial charge in [-0.25, -0.2) is 17.2 Å². The van der Waals surface area contributed by atoms with Gasteiger partial charge in [0.25, 0.3) is 0 Å². The predicted octanol–water partition coefficient (Wildman–Crippen LogP) is 2.41. The summed E-state index contributed by atoms with van der Waals surface area (Å²) in [5, 5.41) is 3.08. The molecule has 5 rings (SSSR count). The van der Waals surface area contributed by atoms with E-state index >= 15 is 0 Å². The Bertz CT molecular complexity index is 1450. The standard InChI is InChI=1S/C24H26F2N4O5S/c1-14(28-18-7-15(25)6-16(26)8-18)20-9-19(36(32,33)30-12-17(27)13-30)10-21-22(31)11-23(35-24(20)21)29-2-4-34-5-3-29/h6-11,14,17,28H,2-5,12-13,27H2,1H3. The van der Waals surface area contributed by atoms with Crippen molar-refractivity contribution in [2.75, 3.05) is 49.6 Å². The fraction of sp³-hybridized carbons (Fsp3) is 0.375. The lowest BCUT2D eigenvalue weighted by Gasteiger charge is -2.35. The van der Waals surface area contributed by atoms with Crippen molar-refractivity contribution in [3.05, 3.63) is 63.8 Å². The van der Waals surface area contributed by atoms with Gasteiger partial charge < -0.3 is 25.1 Å². The van der Waals surface area contributed by atoms with Gasteiger partial charge >= 0.3 is 0 Å². The predicted molar refractivity (Wildman–Crippen MR) is 131 cm³/mol. The Morgan fingerprint density at radius 1 is 1.06 bits per heavy atom. The normalized spacial score (nSPS) is 18.3. The molecule has 1 aromatic heterocycles. The highest BCUT2D eigenvalue weighted by Crippen LogP contribution is 2.33. The first-order chi connectivity index (χ1) is 17.1. The third-order valence-corrected chi connectivity index (χ3v) is 8.18. The number of fused-ring (bicyclic) bond motifs is 1. The van der Waals surface area contributed by atoms with Gasteiger partial charge in [0.15, 0.2) is 11.3 Å². The van der Waals surface area contributed by atoms with E-state index in [0.29, 0.717) is 37.8 Å². The second-order valence-electron chi connectivity index (χ2n) is 9.04. The van der Waals surface area contributed by atoms with E-state index in [1.165, 1.54) is 22.5 Å². The first kappa shape index (κ1) is 24.6. The minimum atomic E-state index is -3.92. The highest BCUT2D eigenvalue weighted by Gasteiger charge is 2.35. The topological polar surface area (TPSA) is 118 Å². The van der Waals surface area contributed by atoms with E-state index in [2.05, 4.69) is 5.32 Å². The maximum Gasteiger partial charge on any atom is 0.243 e. The molecule has 9 nitrogen and oxygen atoms in total. The number of anilines is 2. The highest BCUT2D eigenvalue weighted by atomic mass is 32.2. The molecule has 192 valence electrons. The quantitative estimate of drug-likeness (QED) is 0.509. The third-order valence-electron chi connectivity index (χ3n) is 6.37. The van der Waals surface area contributed by atoms with Crippen LogP contribution in [0, 0.1) is 11.6 Å². The van der Waals surface area contributed by atoms with Crippen molar-refractivity contribution in [1.29, 1.82) is 0 Å². The summed E-state index contributed by atoms with van der Waals surface area (Å²) in [6.45, 7) is 4.06. The van der Waals surface area contributed by atoms with Gasteiger partial charge in [0, 0.05) is 55.6 Å². The minimum Gasteiger partial charge on any atom is -0.440 e. The van der Waals surface area contributed by atoms with E-state index in [-0.39, 0.29) is 40.7 Å². The molecule has 3 N–H and O–H groups in total. The van der Waals surface area contributed by atoms with Crippen molar-refractivity contribution >= 4 is 32.6 Å². The number of rotatable bonds is 6. The highest BCUT2D eigenvalue weighted by molar-refractivity contribution is 7.89. The van der Waals surface area contributed by atoms with E-state index < -0.39 is 33.1 Å². The Balaban J connectivity index is 1.64. The van der Waals surface area contributed by atoms with Gasteiger partial charge in [0.1, 0.15) is 17.2 Å². The molecular formula is C24H26F2N4O5S. The zero-order valence-corrected chi connectivity index (χ0v) is 20.4. The lowest BCUT2D eigenvalue weighted by atomic mass is 10.0. The number of morpholine rings is 1. The summed E-state index contributed by atoms with van der Waals surface area (Å²) in [4.78, 5) is 15.0. The first-order valence-corrected chi connectivity index (χ1v) is 13.0. The van der Waals surface area contributed by atoms with Crippen LogP contribution in [0.15, 0.2) is 50.5 Å². The third kappa shape index (κ3) is 4.69. The molecule has 3 aromatic rings. The molecule has 1 atom stereocenters. The van der Waals surface area contributed by atoms with Crippen LogP contribution >= 0.6 is 0 Å². The van der Waals surface area contributed by atoms with Gasteiger partial charge in [0.05, 0.1) is 29.5 Å². The summed E-state index contributed by atoms with van der Waals surface area (Å²) >= 11 is 0. The Hall–Kier alpha value is -3.06. The summed E-state index contributed by atoms with van der Waals surface area (Å²) in [6.07, 6.45) is 0. The number of nitrogens with one attached hydrogen (secondary N) is 1. The summed E-state index contributed by atoms with van der Waals surface area (Å²) in [5.74, 6) is -1.19. The zero-order chi connectivity index (χ0) is 25.6. The molecule has 0 spiro atoms. The van der Waals surface area contributed by atoms with Gasteiger partial charge in [-0.2, -0.15) is 4.31 Å². The van der Waals surface area contributed by atoms with Crippen molar-refractivity contribution in [3.8, 4) is 0 Å². The molecule has 2 aliphatic heterocycles. The Morgan fingerprint density at radius 2 is 1.72 bits per heavy atom. The fourth-order valence-electron chi connectivity index (χ4n) is 4.43. The summed E-state index contributed by atoms with van der Waals surface area (Å²) in [6, 6.07) is 6.16. The van der Waals surface area contributed by atoms with E-state index in [0.717, 1.165) is 18.2 Å². The summed E-state index contributed by atoms with van der Waals surface area (Å²) in [5.41, 5.74) is 6.08. The Kier molecular flexibility index (Phi) is 6.45. The average Bonchev–Trinajstić information content (AvgIpc) is 2.81. The zero-order valence-electron chi connectivity index (χ0n) is 19.5. The minimum absolute atomic E-state index is 0.0811. The van der Waals surface area contributed by atoms with Crippen molar-refractivity contribution < 1.29 is 26.4 Å². The number of hydrogen-bond donors (Lipinski definition) is 2. The number of sulfonamides is 1. The number of nitrogens with zero attached hydrogens (tertiary/aromatic N) is 2. The monoisotopic (exact) mass is 520 g/mol. The molecule has 2 aromatic carbocycles. The molecule has 36 heavy (non-hydrogen) atoms. The number of ether oxygens (including phenoxy) is 1. The second-order valence-corrected chi connectivity index (χ2v) is 11.0. The maximum absolute atomic E-state index is 13.8. The summed E-state index contributed by atoms with van der Waals surface area (Å²) in [7, 11) is -3.92. The van der Waals surface area contributed by atoms with Gasteiger partial charge in [-0.1, -0.05) is 0 Å². The van der Waals surface area contributed by atoms with Crippen LogP contribution in [0.4, 0.5) is 20.4 Å². The van der Waals surface area contributed by atoms with Crippen LogP contribution in [0.1, 0.15) is 18.5 Å². The lowest BCUT2D eigenvalue weighted by molar-refractivity contribution is 0.121. The largest absolute Gasteiger partial charge is 0.440 e. The smallest absolute Gasteiger partial charge is 0.243 e. The number of hydrogen-bond acceptors (Lipinski definition) is 8. The van der Waals surface area contributed by atoms with Crippen molar-refractivity contribution in [3.63, 3.8) is 0 Å². The van der Waals surface area contributed by atoms with Gasteiger partial charge in [-0.05, 0) is 31.2 Å². The molecule has 0 amide bonds. The molecule has 0 saturated carbocycles. The molecule has 2 aliphatic rings. The molecule has 0 aliphatic carbocycles. The first-order valence-electron chi connectivity index (χ1n) is 11.5. The second kappa shape index (κ2) is 9.43. The van der Waals surface area contributed by atoms with Crippen molar-refractivity contribution in [2.45, 2.75) is 23.9 Å². The van der Waals surface area contributed by atoms with E-state index in [1.54, 1.807) is 6.92 Å². The molecule has 2 fully saturated rings. The number of halogens is 2. The van der Waals surface area contributed by atoms with E-state index in [4.69, 9.17) is 14.9 Å². The van der Waals surface area contributed by atoms with Crippen LogP contribution in [0.5, 0.6) is 0 Å². The molecule has 1 unspecified atom stereocenters. The Labute approximate surface area is 206 Å². The molecular weight excluding hydrogens is 494 g/mol. The number of nitrogens with two attached hydrogens (primary N) is 1. The van der Waals surface area contributed by atoms with Crippen LogP contribution in [0.25, 0.3) is 11.0 Å². The van der Waals surface area contributed by atoms with E-state index in [9.17, 15) is 22.0 Å². The SMILES string of the molecule is CC(Nc1cc(F)cc(F)c1)c1cc(S(=O)(=O)N2CC(N)C2)cc2c(=O)cc(N3CCOCC3)oc12. The van der Waals surface area contributed by atoms with Crippen molar-refractivity contribution in [2.24, 2.45) is 5.73 Å². The molecule has 2 saturated heterocycles. The Morgan fingerprint density at radius 3 is 2.36 bits per heavy atom. The van der Waals surface area contributed by atoms with Gasteiger partial charge in [-0.3, -0.25) is 4.79 Å². The molecule has 3 heterocycles. The van der Waals surface area contributed by atoms with Crippen LogP contribution in [-0.4, -0.2) is 58.2 Å². The van der Waals surface area contributed by atoms with Crippen LogP contribution in [-0.2, 0) is 14.8 Å². The average molecular weight is 521 g/mol. The lowest BCUT2D eigenvalue weighted by Crippen LogP contribution is -2.57. The summed E-state index contributed by atoms with van der Waals surface area (Å²) < 4.78 is 66.8. The molecule has 12 heteroatoms. The maximum atomic E-state index is 13.8. The van der Waals surface area contributed by atoms with Gasteiger partial charge in [-0.15, -0.1) is 0 Å². The van der Waals surface area contributed by atoms with Crippen LogP contribution in [0.2, 0.25) is 0 Å². The van der Waals surface area contributed by atoms with Crippen LogP contribution < -0.4 is 21.4 Å². The number of benzene rings is 2. The van der Waals surface area contributed by atoms with E-state index in [1.807, 2.05) is 4.90 Å². The van der Waals surface area contributed by atoms with Gasteiger partial charge in [0.2, 0.25) is 10.0 Å².